The molecular formula is C22H29N3O2S. The Hall–Kier alpha value is -2.21. The van der Waals surface area contributed by atoms with Gasteiger partial charge in [0, 0.05) is 36.0 Å². The monoisotopic (exact) mass is 399 g/mol. The quantitative estimate of drug-likeness (QED) is 0.720. The number of benzene rings is 1. The van der Waals surface area contributed by atoms with E-state index in [9.17, 15) is 9.59 Å². The van der Waals surface area contributed by atoms with Crippen molar-refractivity contribution < 1.29 is 9.59 Å². The molecule has 150 valence electrons. The normalized spacial score (nSPS) is 13.5. The molecule has 0 unspecified atom stereocenters. The molecule has 1 N–H and O–H groups in total. The van der Waals surface area contributed by atoms with Crippen molar-refractivity contribution in [2.45, 2.75) is 59.8 Å². The summed E-state index contributed by atoms with van der Waals surface area (Å²) in [6, 6.07) is 6.16. The van der Waals surface area contributed by atoms with Gasteiger partial charge in [0.05, 0.1) is 5.69 Å². The van der Waals surface area contributed by atoms with Crippen LogP contribution < -0.4 is 10.2 Å². The van der Waals surface area contributed by atoms with Crippen LogP contribution in [0.3, 0.4) is 0 Å². The van der Waals surface area contributed by atoms with Gasteiger partial charge in [0.2, 0.25) is 11.8 Å². The summed E-state index contributed by atoms with van der Waals surface area (Å²) in [5, 5.41) is 5.48. The lowest BCUT2D eigenvalue weighted by molar-refractivity contribution is -0.120. The van der Waals surface area contributed by atoms with Crippen molar-refractivity contribution in [2.75, 3.05) is 16.8 Å². The predicted molar refractivity (Wildman–Crippen MR) is 116 cm³/mol. The molecule has 0 radical (unpaired) electrons. The van der Waals surface area contributed by atoms with Gasteiger partial charge in [0.1, 0.15) is 0 Å². The molecule has 1 aromatic carbocycles. The Labute approximate surface area is 171 Å². The summed E-state index contributed by atoms with van der Waals surface area (Å²) < 4.78 is 0. The van der Waals surface area contributed by atoms with Crippen LogP contribution in [-0.4, -0.2) is 23.3 Å². The van der Waals surface area contributed by atoms with Gasteiger partial charge in [-0.3, -0.25) is 9.59 Å². The molecule has 2 heterocycles. The van der Waals surface area contributed by atoms with E-state index in [-0.39, 0.29) is 17.2 Å². The molecule has 0 fully saturated rings. The van der Waals surface area contributed by atoms with Gasteiger partial charge < -0.3 is 10.2 Å². The molecule has 0 atom stereocenters. The van der Waals surface area contributed by atoms with E-state index in [4.69, 9.17) is 0 Å². The molecule has 3 rings (SSSR count). The maximum atomic E-state index is 12.6. The third-order valence-electron chi connectivity index (χ3n) is 4.76. The van der Waals surface area contributed by atoms with E-state index < -0.39 is 0 Å². The summed E-state index contributed by atoms with van der Waals surface area (Å²) in [7, 11) is 0. The highest BCUT2D eigenvalue weighted by Gasteiger charge is 2.28. The number of aromatic nitrogens is 1. The largest absolute Gasteiger partial charge is 0.312 e. The molecule has 2 aromatic rings. The lowest BCUT2D eigenvalue weighted by Gasteiger charge is -2.23. The minimum absolute atomic E-state index is 0.0155. The first-order valence-corrected chi connectivity index (χ1v) is 10.8. The molecule has 1 aliphatic rings. The molecule has 0 saturated heterocycles. The van der Waals surface area contributed by atoms with E-state index >= 15 is 0 Å². The standard InChI is InChI=1S/C22H29N3O2S/c1-5-6-7-19(26)24-21-23-17(14-28-21)15-8-9-18-16(12-15)10-11-25(18)20(27)13-22(2,3)4/h8-9,12,14H,5-7,10-11,13H2,1-4H3,(H,23,24,26). The lowest BCUT2D eigenvalue weighted by Crippen LogP contribution is -2.31. The number of anilines is 2. The number of fused-ring (bicyclic) bond motifs is 1. The number of unbranched alkanes of at least 4 members (excludes halogenated alkanes) is 1. The lowest BCUT2D eigenvalue weighted by atomic mass is 9.91. The number of carbonyl (C=O) groups excluding carboxylic acids is 2. The fourth-order valence-corrected chi connectivity index (χ4v) is 4.09. The maximum absolute atomic E-state index is 12.6. The van der Waals surface area contributed by atoms with Crippen molar-refractivity contribution in [3.05, 3.63) is 29.1 Å². The summed E-state index contributed by atoms with van der Waals surface area (Å²) in [5.74, 6) is 0.203. The van der Waals surface area contributed by atoms with Crippen LogP contribution in [0.2, 0.25) is 0 Å². The van der Waals surface area contributed by atoms with Crippen molar-refractivity contribution in [1.82, 2.24) is 4.98 Å². The van der Waals surface area contributed by atoms with Crippen molar-refractivity contribution in [3.63, 3.8) is 0 Å². The SMILES string of the molecule is CCCCC(=O)Nc1nc(-c2ccc3c(c2)CCN3C(=O)CC(C)(C)C)cs1. The molecule has 5 nitrogen and oxygen atoms in total. The Balaban J connectivity index is 1.71. The number of hydrogen-bond acceptors (Lipinski definition) is 4. The van der Waals surface area contributed by atoms with Crippen LogP contribution in [-0.2, 0) is 16.0 Å². The third-order valence-corrected chi connectivity index (χ3v) is 5.52. The molecule has 1 aromatic heterocycles. The number of carbonyl (C=O) groups is 2. The Morgan fingerprint density at radius 1 is 1.29 bits per heavy atom. The fraction of sp³-hybridized carbons (Fsp3) is 0.500. The summed E-state index contributed by atoms with van der Waals surface area (Å²) in [4.78, 5) is 31.0. The van der Waals surface area contributed by atoms with Crippen molar-refractivity contribution in [1.29, 1.82) is 0 Å². The van der Waals surface area contributed by atoms with E-state index in [1.807, 2.05) is 22.4 Å². The Kier molecular flexibility index (Phi) is 6.18. The highest BCUT2D eigenvalue weighted by molar-refractivity contribution is 7.14. The van der Waals surface area contributed by atoms with E-state index in [0.717, 1.165) is 42.8 Å². The van der Waals surface area contributed by atoms with Crippen LogP contribution in [0.5, 0.6) is 0 Å². The first-order chi connectivity index (χ1) is 13.3. The zero-order valence-corrected chi connectivity index (χ0v) is 18.0. The summed E-state index contributed by atoms with van der Waals surface area (Å²) >= 11 is 1.44. The van der Waals surface area contributed by atoms with Gasteiger partial charge in [-0.2, -0.15) is 0 Å². The Morgan fingerprint density at radius 2 is 2.07 bits per heavy atom. The molecule has 1 aliphatic heterocycles. The highest BCUT2D eigenvalue weighted by atomic mass is 32.1. The molecule has 0 spiro atoms. The minimum Gasteiger partial charge on any atom is -0.312 e. The molecule has 0 saturated carbocycles. The summed E-state index contributed by atoms with van der Waals surface area (Å²) in [6.45, 7) is 9.08. The number of nitrogens with one attached hydrogen (secondary N) is 1. The van der Waals surface area contributed by atoms with Crippen LogP contribution in [0, 0.1) is 5.41 Å². The van der Waals surface area contributed by atoms with Gasteiger partial charge >= 0.3 is 0 Å². The first kappa shape index (κ1) is 20.5. The number of rotatable bonds is 6. The van der Waals surface area contributed by atoms with Crippen molar-refractivity contribution in [3.8, 4) is 11.3 Å². The smallest absolute Gasteiger partial charge is 0.227 e. The van der Waals surface area contributed by atoms with E-state index in [0.29, 0.717) is 18.0 Å². The van der Waals surface area contributed by atoms with Crippen LogP contribution >= 0.6 is 11.3 Å². The highest BCUT2D eigenvalue weighted by Crippen LogP contribution is 2.35. The maximum Gasteiger partial charge on any atom is 0.227 e. The second kappa shape index (κ2) is 8.43. The number of hydrogen-bond donors (Lipinski definition) is 1. The van der Waals surface area contributed by atoms with Gasteiger partial charge in [0.25, 0.3) is 0 Å². The summed E-state index contributed by atoms with van der Waals surface area (Å²) in [6.07, 6.45) is 3.83. The van der Waals surface area contributed by atoms with Gasteiger partial charge in [-0.25, -0.2) is 4.98 Å². The van der Waals surface area contributed by atoms with Crippen molar-refractivity contribution in [2.24, 2.45) is 5.41 Å². The van der Waals surface area contributed by atoms with Crippen LogP contribution in [0.4, 0.5) is 10.8 Å². The van der Waals surface area contributed by atoms with Crippen LogP contribution in [0.15, 0.2) is 23.6 Å². The molecule has 0 bridgehead atoms. The zero-order valence-electron chi connectivity index (χ0n) is 17.2. The average Bonchev–Trinajstić information content (AvgIpc) is 3.24. The zero-order chi connectivity index (χ0) is 20.3. The number of amides is 2. The topological polar surface area (TPSA) is 62.3 Å². The Morgan fingerprint density at radius 3 is 2.79 bits per heavy atom. The molecular weight excluding hydrogens is 370 g/mol. The van der Waals surface area contributed by atoms with Gasteiger partial charge in [-0.15, -0.1) is 11.3 Å². The molecule has 6 heteroatoms. The average molecular weight is 400 g/mol. The fourth-order valence-electron chi connectivity index (χ4n) is 3.35. The molecule has 2 amide bonds. The van der Waals surface area contributed by atoms with E-state index in [1.165, 1.54) is 16.9 Å². The second-order valence-corrected chi connectivity index (χ2v) is 9.42. The molecule has 0 aliphatic carbocycles. The summed E-state index contributed by atoms with van der Waals surface area (Å²) in [5.41, 5.74) is 4.06. The predicted octanol–water partition coefficient (Wildman–Crippen LogP) is 5.26. The number of thiazole rings is 1. The minimum atomic E-state index is -0.0155. The third kappa shape index (κ3) is 4.98. The number of nitrogens with zero attached hydrogens (tertiary/aromatic N) is 2. The van der Waals surface area contributed by atoms with E-state index in [1.54, 1.807) is 0 Å². The second-order valence-electron chi connectivity index (χ2n) is 8.57. The van der Waals surface area contributed by atoms with E-state index in [2.05, 4.69) is 44.1 Å². The van der Waals surface area contributed by atoms with Crippen LogP contribution in [0.25, 0.3) is 11.3 Å². The first-order valence-electron chi connectivity index (χ1n) is 9.96. The van der Waals surface area contributed by atoms with Gasteiger partial charge in [-0.05, 0) is 36.0 Å². The molecule has 28 heavy (non-hydrogen) atoms. The van der Waals surface area contributed by atoms with Gasteiger partial charge in [-0.1, -0.05) is 40.2 Å². The van der Waals surface area contributed by atoms with Gasteiger partial charge in [0.15, 0.2) is 5.13 Å². The Bertz CT molecular complexity index is 867. The van der Waals surface area contributed by atoms with Crippen molar-refractivity contribution >= 4 is 34.0 Å². The van der Waals surface area contributed by atoms with Crippen LogP contribution in [0.1, 0.15) is 58.9 Å².